The Morgan fingerprint density at radius 1 is 1.52 bits per heavy atom. The second-order valence-electron chi connectivity index (χ2n) is 5.05. The average molecular weight is 351 g/mol. The van der Waals surface area contributed by atoms with Crippen LogP contribution in [0.4, 0.5) is 24.5 Å². The van der Waals surface area contributed by atoms with E-state index < -0.39 is 27.4 Å². The second-order valence-corrected chi connectivity index (χ2v) is 5.46. The van der Waals surface area contributed by atoms with Crippen LogP contribution in [0.1, 0.15) is 12.0 Å². The highest BCUT2D eigenvalue weighted by molar-refractivity contribution is 6.31. The number of nitro benzene ring substituents is 1. The zero-order valence-corrected chi connectivity index (χ0v) is 12.7. The molecular formula is C14H14ClF3N2O3. The molecule has 0 bridgehead atoms. The van der Waals surface area contributed by atoms with Crippen LogP contribution in [-0.2, 0) is 10.9 Å². The Kier molecular flexibility index (Phi) is 5.16. The lowest BCUT2D eigenvalue weighted by Gasteiger charge is -2.20. The number of ether oxygens (including phenoxy) is 1. The van der Waals surface area contributed by atoms with Gasteiger partial charge in [-0.2, -0.15) is 13.2 Å². The molecule has 1 aliphatic rings. The van der Waals surface area contributed by atoms with Gasteiger partial charge >= 0.3 is 6.18 Å². The Bertz CT molecular complexity index is 622. The van der Waals surface area contributed by atoms with Crippen LogP contribution in [0.3, 0.4) is 0 Å². The molecule has 1 fully saturated rings. The maximum Gasteiger partial charge on any atom is 0.418 e. The van der Waals surface area contributed by atoms with E-state index in [1.165, 1.54) is 0 Å². The Labute approximate surface area is 135 Å². The molecule has 5 nitrogen and oxygen atoms in total. The largest absolute Gasteiger partial charge is 0.418 e. The molecule has 0 amide bonds. The van der Waals surface area contributed by atoms with Crippen molar-refractivity contribution in [3.63, 3.8) is 0 Å². The second kappa shape index (κ2) is 6.76. The van der Waals surface area contributed by atoms with E-state index in [1.807, 2.05) is 0 Å². The molecule has 2 rings (SSSR count). The Hall–Kier alpha value is -1.80. The van der Waals surface area contributed by atoms with E-state index in [1.54, 1.807) is 11.0 Å². The van der Waals surface area contributed by atoms with Crippen LogP contribution >= 0.6 is 11.6 Å². The van der Waals surface area contributed by atoms with Gasteiger partial charge in [0.15, 0.2) is 0 Å². The van der Waals surface area contributed by atoms with Crippen molar-refractivity contribution in [1.29, 1.82) is 0 Å². The molecule has 23 heavy (non-hydrogen) atoms. The van der Waals surface area contributed by atoms with Gasteiger partial charge in [0.25, 0.3) is 5.69 Å². The number of hydrogen-bond donors (Lipinski definition) is 0. The van der Waals surface area contributed by atoms with Gasteiger partial charge in [-0.1, -0.05) is 17.7 Å². The van der Waals surface area contributed by atoms with Gasteiger partial charge in [-0.25, -0.2) is 0 Å². The van der Waals surface area contributed by atoms with Crippen LogP contribution in [0.15, 0.2) is 24.8 Å². The highest BCUT2D eigenvalue weighted by Gasteiger charge is 2.37. The highest BCUT2D eigenvalue weighted by atomic mass is 35.5. The van der Waals surface area contributed by atoms with Crippen molar-refractivity contribution in [2.45, 2.75) is 18.7 Å². The van der Waals surface area contributed by atoms with E-state index in [9.17, 15) is 23.3 Å². The molecule has 0 N–H and O–H groups in total. The Morgan fingerprint density at radius 3 is 2.78 bits per heavy atom. The van der Waals surface area contributed by atoms with Gasteiger partial charge < -0.3 is 9.64 Å². The SMILES string of the molecule is C=CCOC1CCN(c2cc(Cl)c(C(F)(F)F)cc2[N+](=O)[O-])C1. The molecule has 1 aromatic rings. The van der Waals surface area contributed by atoms with E-state index in [0.29, 0.717) is 32.2 Å². The molecule has 126 valence electrons. The van der Waals surface area contributed by atoms with Crippen molar-refractivity contribution in [1.82, 2.24) is 0 Å². The Balaban J connectivity index is 2.34. The smallest absolute Gasteiger partial charge is 0.372 e. The molecule has 0 aromatic heterocycles. The molecule has 0 saturated carbocycles. The van der Waals surface area contributed by atoms with Crippen LogP contribution < -0.4 is 4.90 Å². The molecule has 1 heterocycles. The summed E-state index contributed by atoms with van der Waals surface area (Å²) < 4.78 is 44.0. The first-order chi connectivity index (χ1) is 10.7. The minimum Gasteiger partial charge on any atom is -0.372 e. The molecule has 0 spiro atoms. The summed E-state index contributed by atoms with van der Waals surface area (Å²) in [6, 6.07) is 1.48. The number of rotatable bonds is 5. The number of alkyl halides is 3. The fraction of sp³-hybridized carbons (Fsp3) is 0.429. The van der Waals surface area contributed by atoms with E-state index in [-0.39, 0.29) is 11.8 Å². The molecule has 1 unspecified atom stereocenters. The molecule has 1 aromatic carbocycles. The van der Waals surface area contributed by atoms with E-state index in [4.69, 9.17) is 16.3 Å². The third-order valence-corrected chi connectivity index (χ3v) is 3.81. The molecule has 0 radical (unpaired) electrons. The number of halogens is 4. The van der Waals surface area contributed by atoms with Crippen molar-refractivity contribution in [3.05, 3.63) is 45.5 Å². The van der Waals surface area contributed by atoms with Gasteiger partial charge in [0.2, 0.25) is 0 Å². The van der Waals surface area contributed by atoms with Crippen molar-refractivity contribution >= 4 is 23.0 Å². The number of nitro groups is 1. The predicted molar refractivity (Wildman–Crippen MR) is 79.9 cm³/mol. The lowest BCUT2D eigenvalue weighted by molar-refractivity contribution is -0.384. The van der Waals surface area contributed by atoms with Crippen LogP contribution in [0.2, 0.25) is 5.02 Å². The summed E-state index contributed by atoms with van der Waals surface area (Å²) in [5, 5.41) is 10.6. The van der Waals surface area contributed by atoms with Gasteiger partial charge in [-0.05, 0) is 12.5 Å². The lowest BCUT2D eigenvalue weighted by Crippen LogP contribution is -2.24. The number of nitrogens with zero attached hydrogens (tertiary/aromatic N) is 2. The van der Waals surface area contributed by atoms with Crippen molar-refractivity contribution < 1.29 is 22.8 Å². The summed E-state index contributed by atoms with van der Waals surface area (Å²) in [7, 11) is 0. The van der Waals surface area contributed by atoms with Crippen LogP contribution in [0.5, 0.6) is 0 Å². The minimum absolute atomic E-state index is 0.0673. The summed E-state index contributed by atoms with van der Waals surface area (Å²) in [5.74, 6) is 0. The van der Waals surface area contributed by atoms with Gasteiger partial charge in [-0.15, -0.1) is 6.58 Å². The van der Waals surface area contributed by atoms with Crippen molar-refractivity contribution in [2.75, 3.05) is 24.6 Å². The van der Waals surface area contributed by atoms with Gasteiger partial charge in [0, 0.05) is 19.2 Å². The van der Waals surface area contributed by atoms with E-state index in [2.05, 4.69) is 6.58 Å². The van der Waals surface area contributed by atoms with Gasteiger partial charge in [-0.3, -0.25) is 10.1 Å². The zero-order chi connectivity index (χ0) is 17.2. The summed E-state index contributed by atoms with van der Waals surface area (Å²) >= 11 is 5.68. The van der Waals surface area contributed by atoms with Gasteiger partial charge in [0.05, 0.1) is 28.2 Å². The van der Waals surface area contributed by atoms with Crippen LogP contribution in [0, 0.1) is 10.1 Å². The Morgan fingerprint density at radius 2 is 2.22 bits per heavy atom. The summed E-state index contributed by atoms with van der Waals surface area (Å²) in [6.07, 6.45) is -2.71. The average Bonchev–Trinajstić information content (AvgIpc) is 2.91. The van der Waals surface area contributed by atoms with E-state index in [0.717, 1.165) is 6.07 Å². The molecule has 1 atom stereocenters. The fourth-order valence-corrected chi connectivity index (χ4v) is 2.72. The third-order valence-electron chi connectivity index (χ3n) is 3.50. The fourth-order valence-electron chi connectivity index (χ4n) is 2.46. The molecule has 1 aliphatic heterocycles. The molecule has 0 aliphatic carbocycles. The topological polar surface area (TPSA) is 55.6 Å². The first kappa shape index (κ1) is 17.6. The maximum atomic E-state index is 12.9. The molecule has 9 heteroatoms. The minimum atomic E-state index is -4.75. The van der Waals surface area contributed by atoms with Crippen molar-refractivity contribution in [2.24, 2.45) is 0 Å². The number of anilines is 1. The number of hydrogen-bond acceptors (Lipinski definition) is 4. The quantitative estimate of drug-likeness (QED) is 0.457. The van der Waals surface area contributed by atoms with Crippen molar-refractivity contribution in [3.8, 4) is 0 Å². The monoisotopic (exact) mass is 350 g/mol. The molecule has 1 saturated heterocycles. The summed E-state index contributed by atoms with van der Waals surface area (Å²) in [6.45, 7) is 4.65. The summed E-state index contributed by atoms with van der Waals surface area (Å²) in [5.41, 5.74) is -1.77. The zero-order valence-electron chi connectivity index (χ0n) is 12.0. The maximum absolute atomic E-state index is 12.9. The standard InChI is InChI=1S/C14H14ClF3N2O3/c1-2-5-23-9-3-4-19(8-9)12-7-11(15)10(14(16,17)18)6-13(12)20(21)22/h2,6-7,9H,1,3-5,8H2. The van der Waals surface area contributed by atoms with E-state index >= 15 is 0 Å². The summed E-state index contributed by atoms with van der Waals surface area (Å²) in [4.78, 5) is 11.9. The lowest BCUT2D eigenvalue weighted by atomic mass is 10.1. The first-order valence-corrected chi connectivity index (χ1v) is 7.14. The third kappa shape index (κ3) is 3.94. The number of benzene rings is 1. The normalized spacial score (nSPS) is 18.3. The molecular weight excluding hydrogens is 337 g/mol. The van der Waals surface area contributed by atoms with Crippen LogP contribution in [0.25, 0.3) is 0 Å². The predicted octanol–water partition coefficient (Wildman–Crippen LogP) is 4.05. The highest BCUT2D eigenvalue weighted by Crippen LogP contribution is 2.42. The first-order valence-electron chi connectivity index (χ1n) is 6.76. The van der Waals surface area contributed by atoms with Gasteiger partial charge in [0.1, 0.15) is 5.69 Å². The van der Waals surface area contributed by atoms with Crippen LogP contribution in [-0.4, -0.2) is 30.7 Å².